The standard InChI is InChI=1S/C24H25ClN6O4/c1-24(2,3)13-19(22(33)27-18-8-4-15(5-9-18)23(34)35)28-21(32)11-6-16-12-17(25)7-10-20(16)31-14-26-29-30-31/h4-12,14,19H,13H2,1-3H3,(H,27,33)(H,28,32)(H,34,35). The van der Waals surface area contributed by atoms with Crippen LogP contribution in [0.4, 0.5) is 5.69 Å². The number of carbonyl (C=O) groups is 3. The van der Waals surface area contributed by atoms with Gasteiger partial charge in [0.2, 0.25) is 11.8 Å². The van der Waals surface area contributed by atoms with E-state index in [1.807, 2.05) is 20.8 Å². The summed E-state index contributed by atoms with van der Waals surface area (Å²) in [5, 5.41) is 26.1. The fourth-order valence-corrected chi connectivity index (χ4v) is 3.45. The van der Waals surface area contributed by atoms with E-state index < -0.39 is 23.8 Å². The minimum atomic E-state index is -1.06. The van der Waals surface area contributed by atoms with Crippen LogP contribution in [0.2, 0.25) is 5.02 Å². The molecule has 0 aliphatic rings. The Bertz CT molecular complexity index is 1230. The molecular formula is C24H25ClN6O4. The summed E-state index contributed by atoms with van der Waals surface area (Å²) >= 11 is 6.12. The second kappa shape index (κ2) is 10.9. The maximum absolute atomic E-state index is 13.0. The van der Waals surface area contributed by atoms with Gasteiger partial charge in [-0.15, -0.1) is 5.10 Å². The number of hydrogen-bond donors (Lipinski definition) is 3. The monoisotopic (exact) mass is 496 g/mol. The average molecular weight is 497 g/mol. The summed E-state index contributed by atoms with van der Waals surface area (Å²) in [6.45, 7) is 5.88. The van der Waals surface area contributed by atoms with Crippen LogP contribution < -0.4 is 10.6 Å². The summed E-state index contributed by atoms with van der Waals surface area (Å²) < 4.78 is 1.44. The molecule has 35 heavy (non-hydrogen) atoms. The van der Waals surface area contributed by atoms with Crippen LogP contribution in [0.1, 0.15) is 43.1 Å². The molecule has 182 valence electrons. The van der Waals surface area contributed by atoms with E-state index in [1.54, 1.807) is 24.3 Å². The quantitative estimate of drug-likeness (QED) is 0.405. The van der Waals surface area contributed by atoms with E-state index >= 15 is 0 Å². The third-order valence-corrected chi connectivity index (χ3v) is 5.08. The van der Waals surface area contributed by atoms with Crippen molar-refractivity contribution >= 4 is 41.1 Å². The van der Waals surface area contributed by atoms with Gasteiger partial charge in [0.25, 0.3) is 0 Å². The number of amides is 2. The Morgan fingerprint density at radius 1 is 1.14 bits per heavy atom. The number of carboxylic acid groups (broad SMARTS) is 1. The first kappa shape index (κ1) is 25.6. The van der Waals surface area contributed by atoms with Gasteiger partial charge in [0.05, 0.1) is 11.3 Å². The highest BCUT2D eigenvalue weighted by Gasteiger charge is 2.26. The zero-order valence-corrected chi connectivity index (χ0v) is 20.2. The van der Waals surface area contributed by atoms with Crippen LogP contribution in [0.5, 0.6) is 0 Å². The minimum Gasteiger partial charge on any atom is -0.478 e. The molecule has 1 atom stereocenters. The van der Waals surface area contributed by atoms with Crippen molar-refractivity contribution in [3.63, 3.8) is 0 Å². The highest BCUT2D eigenvalue weighted by Crippen LogP contribution is 2.23. The number of hydrogen-bond acceptors (Lipinski definition) is 6. The van der Waals surface area contributed by atoms with Crippen LogP contribution in [0.3, 0.4) is 0 Å². The lowest BCUT2D eigenvalue weighted by atomic mass is 9.87. The second-order valence-corrected chi connectivity index (χ2v) is 9.43. The number of rotatable bonds is 8. The molecule has 3 rings (SSSR count). The van der Waals surface area contributed by atoms with Crippen molar-refractivity contribution in [1.82, 2.24) is 25.5 Å². The number of tetrazole rings is 1. The van der Waals surface area contributed by atoms with E-state index in [2.05, 4.69) is 26.2 Å². The Balaban J connectivity index is 1.75. The van der Waals surface area contributed by atoms with E-state index in [-0.39, 0.29) is 11.0 Å². The smallest absolute Gasteiger partial charge is 0.335 e. The molecule has 0 spiro atoms. The number of carbonyl (C=O) groups excluding carboxylic acids is 2. The van der Waals surface area contributed by atoms with Crippen LogP contribution >= 0.6 is 11.6 Å². The summed E-state index contributed by atoms with van der Waals surface area (Å²) in [5.74, 6) is -1.95. The third kappa shape index (κ3) is 7.47. The van der Waals surface area contributed by atoms with Crippen molar-refractivity contribution in [2.75, 3.05) is 5.32 Å². The molecule has 3 N–H and O–H groups in total. The van der Waals surface area contributed by atoms with Gasteiger partial charge in [-0.3, -0.25) is 9.59 Å². The van der Waals surface area contributed by atoms with Gasteiger partial charge >= 0.3 is 5.97 Å². The van der Waals surface area contributed by atoms with Crippen molar-refractivity contribution < 1.29 is 19.5 Å². The largest absolute Gasteiger partial charge is 0.478 e. The number of aromatic carboxylic acids is 1. The van der Waals surface area contributed by atoms with E-state index in [9.17, 15) is 14.4 Å². The topological polar surface area (TPSA) is 139 Å². The first-order chi connectivity index (χ1) is 16.5. The number of carboxylic acids is 1. The van der Waals surface area contributed by atoms with E-state index in [4.69, 9.17) is 16.7 Å². The van der Waals surface area contributed by atoms with Crippen LogP contribution in [0.15, 0.2) is 54.9 Å². The van der Waals surface area contributed by atoms with Crippen LogP contribution in [0, 0.1) is 5.41 Å². The van der Waals surface area contributed by atoms with Crippen molar-refractivity contribution in [1.29, 1.82) is 0 Å². The molecule has 1 unspecified atom stereocenters. The van der Waals surface area contributed by atoms with Gasteiger partial charge in [-0.25, -0.2) is 4.79 Å². The van der Waals surface area contributed by atoms with Gasteiger partial charge in [-0.2, -0.15) is 4.68 Å². The first-order valence-corrected chi connectivity index (χ1v) is 11.1. The molecule has 11 heteroatoms. The Morgan fingerprint density at radius 2 is 1.86 bits per heavy atom. The number of anilines is 1. The molecule has 2 aromatic carbocycles. The molecule has 3 aromatic rings. The van der Waals surface area contributed by atoms with Gasteiger partial charge in [-0.05, 0) is 70.8 Å². The fraction of sp³-hybridized carbons (Fsp3) is 0.250. The Morgan fingerprint density at radius 3 is 2.46 bits per heavy atom. The minimum absolute atomic E-state index is 0.106. The van der Waals surface area contributed by atoms with E-state index in [0.29, 0.717) is 28.4 Å². The average Bonchev–Trinajstić information content (AvgIpc) is 3.31. The zero-order valence-electron chi connectivity index (χ0n) is 19.4. The number of nitrogens with one attached hydrogen (secondary N) is 2. The Kier molecular flexibility index (Phi) is 7.98. The SMILES string of the molecule is CC(C)(C)CC(NC(=O)C=Cc1cc(Cl)ccc1-n1cnnn1)C(=O)Nc1ccc(C(=O)O)cc1. The van der Waals surface area contributed by atoms with Gasteiger partial charge in [0, 0.05) is 22.3 Å². The molecule has 0 fully saturated rings. The normalized spacial score (nSPS) is 12.3. The van der Waals surface area contributed by atoms with Crippen molar-refractivity contribution in [3.8, 4) is 5.69 Å². The third-order valence-electron chi connectivity index (χ3n) is 4.85. The van der Waals surface area contributed by atoms with Crippen molar-refractivity contribution in [2.24, 2.45) is 5.41 Å². The number of benzene rings is 2. The predicted molar refractivity (Wildman–Crippen MR) is 131 cm³/mol. The summed E-state index contributed by atoms with van der Waals surface area (Å²) in [4.78, 5) is 36.7. The summed E-state index contributed by atoms with van der Waals surface area (Å²) in [6.07, 6.45) is 4.67. The molecule has 1 aromatic heterocycles. The molecule has 2 amide bonds. The lowest BCUT2D eigenvalue weighted by Gasteiger charge is -2.25. The molecule has 10 nitrogen and oxygen atoms in total. The maximum atomic E-state index is 13.0. The maximum Gasteiger partial charge on any atom is 0.335 e. The van der Waals surface area contributed by atoms with Crippen molar-refractivity contribution in [2.45, 2.75) is 33.2 Å². The molecule has 0 saturated carbocycles. The first-order valence-electron chi connectivity index (χ1n) is 10.7. The fourth-order valence-electron chi connectivity index (χ4n) is 3.27. The molecule has 0 aliphatic heterocycles. The molecule has 1 heterocycles. The molecule has 0 radical (unpaired) electrons. The van der Waals surface area contributed by atoms with Gasteiger partial charge < -0.3 is 15.7 Å². The van der Waals surface area contributed by atoms with Crippen LogP contribution in [-0.2, 0) is 9.59 Å². The Labute approximate surface area is 207 Å². The molecule has 0 bridgehead atoms. The summed E-state index contributed by atoms with van der Waals surface area (Å²) in [7, 11) is 0. The van der Waals surface area contributed by atoms with Crippen LogP contribution in [-0.4, -0.2) is 49.1 Å². The Hall–Kier alpha value is -4.05. The van der Waals surface area contributed by atoms with Gasteiger partial charge in [0.15, 0.2) is 0 Å². The molecular weight excluding hydrogens is 472 g/mol. The van der Waals surface area contributed by atoms with Gasteiger partial charge in [0.1, 0.15) is 12.4 Å². The lowest BCUT2D eigenvalue weighted by Crippen LogP contribution is -2.45. The molecule has 0 aliphatic carbocycles. The van der Waals surface area contributed by atoms with Crippen molar-refractivity contribution in [3.05, 3.63) is 71.0 Å². The molecule has 0 saturated heterocycles. The second-order valence-electron chi connectivity index (χ2n) is 8.99. The number of aromatic nitrogens is 4. The van der Waals surface area contributed by atoms with Crippen LogP contribution in [0.25, 0.3) is 11.8 Å². The summed E-state index contributed by atoms with van der Waals surface area (Å²) in [6, 6.07) is 10.0. The number of halogens is 1. The highest BCUT2D eigenvalue weighted by atomic mass is 35.5. The predicted octanol–water partition coefficient (Wildman–Crippen LogP) is 3.59. The van der Waals surface area contributed by atoms with E-state index in [1.165, 1.54) is 41.4 Å². The van der Waals surface area contributed by atoms with E-state index in [0.717, 1.165) is 0 Å². The van der Waals surface area contributed by atoms with Gasteiger partial charge in [-0.1, -0.05) is 32.4 Å². The summed E-state index contributed by atoms with van der Waals surface area (Å²) in [5.41, 5.74) is 1.50. The lowest BCUT2D eigenvalue weighted by molar-refractivity contribution is -0.124. The zero-order chi connectivity index (χ0) is 25.6. The highest BCUT2D eigenvalue weighted by molar-refractivity contribution is 6.30. The number of nitrogens with zero attached hydrogens (tertiary/aromatic N) is 4.